The minimum absolute atomic E-state index is 0.385. The number of piperidine rings is 3. The van der Waals surface area contributed by atoms with Crippen molar-refractivity contribution in [2.45, 2.75) is 44.2 Å². The van der Waals surface area contributed by atoms with Gasteiger partial charge < -0.3 is 10.6 Å². The van der Waals surface area contributed by atoms with Crippen LogP contribution in [-0.4, -0.2) is 47.5 Å². The zero-order valence-electron chi connectivity index (χ0n) is 16.9. The summed E-state index contributed by atoms with van der Waals surface area (Å²) in [7, 11) is 0. The topological polar surface area (TPSA) is 62.5 Å². The average molecular weight is 391 g/mol. The number of benzene rings is 1. The van der Waals surface area contributed by atoms with Gasteiger partial charge in [-0.05, 0) is 61.8 Å². The third-order valence-electron chi connectivity index (χ3n) is 7.26. The number of nitrogens with zero attached hydrogens (tertiary/aromatic N) is 3. The van der Waals surface area contributed by atoms with Crippen molar-refractivity contribution in [1.82, 2.24) is 9.88 Å². The summed E-state index contributed by atoms with van der Waals surface area (Å²) in [5, 5.41) is 0. The van der Waals surface area contributed by atoms with Crippen LogP contribution in [0.15, 0.2) is 48.7 Å². The van der Waals surface area contributed by atoms with Crippen molar-refractivity contribution in [3.63, 3.8) is 0 Å². The number of rotatable bonds is 4. The summed E-state index contributed by atoms with van der Waals surface area (Å²) >= 11 is 0. The number of aromatic nitrogens is 1. The smallest absolute Gasteiger partial charge is 0.252 e. The first-order valence-electron chi connectivity index (χ1n) is 11.0. The van der Waals surface area contributed by atoms with E-state index in [1.807, 2.05) is 6.07 Å². The fourth-order valence-corrected chi connectivity index (χ4v) is 6.06. The second kappa shape index (κ2) is 7.79. The van der Waals surface area contributed by atoms with E-state index in [4.69, 9.17) is 5.73 Å². The Morgan fingerprint density at radius 1 is 1.07 bits per heavy atom. The molecule has 1 aromatic heterocycles. The van der Waals surface area contributed by atoms with Gasteiger partial charge in [-0.2, -0.15) is 0 Å². The standard InChI is InChI=1S/C24H30N4O/c25-23(29)20-9-6-11-26-24(20)27-15-18-14-19(16-27)22(13-17-7-2-1-3-8-17)28-12-5-4-10-21(18)28/h1-3,6-9,11,18-19,21-22H,4-5,10,12-16H2,(H2,25,29)/t18-,19+,21+,22+/m1/s1. The number of pyridine rings is 1. The molecule has 3 aliphatic rings. The molecule has 3 fully saturated rings. The number of fused-ring (bicyclic) bond motifs is 4. The van der Waals surface area contributed by atoms with Crippen molar-refractivity contribution in [2.24, 2.45) is 17.6 Å². The SMILES string of the molecule is NC(=O)c1cccnc1N1C[C@H]2C[C@@H](C1)[C@H](Cc1ccccc1)N1CCCC[C@@H]21. The highest BCUT2D eigenvalue weighted by Gasteiger charge is 2.47. The summed E-state index contributed by atoms with van der Waals surface area (Å²) < 4.78 is 0. The van der Waals surface area contributed by atoms with E-state index in [9.17, 15) is 4.79 Å². The van der Waals surface area contributed by atoms with Crippen LogP contribution in [0.4, 0.5) is 5.82 Å². The monoisotopic (exact) mass is 390 g/mol. The van der Waals surface area contributed by atoms with Gasteiger partial charge >= 0.3 is 0 Å². The van der Waals surface area contributed by atoms with Gasteiger partial charge in [-0.25, -0.2) is 4.98 Å². The molecule has 2 aromatic rings. The largest absolute Gasteiger partial charge is 0.365 e. The molecule has 5 heteroatoms. The number of primary amides is 1. The lowest BCUT2D eigenvalue weighted by molar-refractivity contribution is -0.0318. The molecule has 29 heavy (non-hydrogen) atoms. The third-order valence-corrected chi connectivity index (χ3v) is 7.26. The summed E-state index contributed by atoms with van der Waals surface area (Å²) in [6.45, 7) is 3.16. The van der Waals surface area contributed by atoms with Crippen LogP contribution in [0, 0.1) is 11.8 Å². The molecule has 3 saturated heterocycles. The third kappa shape index (κ3) is 3.52. The number of hydrogen-bond donors (Lipinski definition) is 1. The summed E-state index contributed by atoms with van der Waals surface area (Å²) in [6.07, 6.45) is 8.11. The summed E-state index contributed by atoms with van der Waals surface area (Å²) in [5.74, 6) is 1.62. The molecule has 3 aliphatic heterocycles. The van der Waals surface area contributed by atoms with E-state index < -0.39 is 0 Å². The maximum atomic E-state index is 12.0. The highest BCUT2D eigenvalue weighted by molar-refractivity contribution is 5.97. The van der Waals surface area contributed by atoms with Crippen molar-refractivity contribution < 1.29 is 4.79 Å². The molecular weight excluding hydrogens is 360 g/mol. The maximum absolute atomic E-state index is 12.0. The minimum atomic E-state index is -0.385. The van der Waals surface area contributed by atoms with E-state index in [1.54, 1.807) is 12.3 Å². The van der Waals surface area contributed by atoms with Crippen LogP contribution in [-0.2, 0) is 6.42 Å². The average Bonchev–Trinajstić information content (AvgIpc) is 2.77. The second-order valence-corrected chi connectivity index (χ2v) is 8.96. The van der Waals surface area contributed by atoms with Crippen molar-refractivity contribution in [3.05, 3.63) is 59.8 Å². The molecule has 2 N–H and O–H groups in total. The lowest BCUT2D eigenvalue weighted by Gasteiger charge is -2.57. The molecular formula is C24H30N4O. The maximum Gasteiger partial charge on any atom is 0.252 e. The van der Waals surface area contributed by atoms with E-state index in [-0.39, 0.29) is 5.91 Å². The lowest BCUT2D eigenvalue weighted by atomic mass is 9.71. The Hall–Kier alpha value is -2.40. The molecule has 4 atom stereocenters. The first kappa shape index (κ1) is 18.6. The fraction of sp³-hybridized carbons (Fsp3) is 0.500. The van der Waals surface area contributed by atoms with Crippen molar-refractivity contribution in [2.75, 3.05) is 24.5 Å². The highest BCUT2D eigenvalue weighted by atomic mass is 16.1. The summed E-state index contributed by atoms with van der Waals surface area (Å²) in [6, 6.07) is 15.7. The number of amides is 1. The molecule has 5 rings (SSSR count). The molecule has 152 valence electrons. The van der Waals surface area contributed by atoms with Gasteiger partial charge in [-0.15, -0.1) is 0 Å². The number of anilines is 1. The first-order valence-corrected chi connectivity index (χ1v) is 11.0. The van der Waals surface area contributed by atoms with Gasteiger partial charge in [0, 0.05) is 31.4 Å². The van der Waals surface area contributed by atoms with Crippen LogP contribution in [0.25, 0.3) is 0 Å². The number of hydrogen-bond acceptors (Lipinski definition) is 4. The molecule has 0 unspecified atom stereocenters. The Kier molecular flexibility index (Phi) is 5.00. The lowest BCUT2D eigenvalue weighted by Crippen LogP contribution is -2.64. The first-order chi connectivity index (χ1) is 14.2. The molecule has 0 spiro atoms. The van der Waals surface area contributed by atoms with E-state index in [0.29, 0.717) is 29.5 Å². The normalized spacial score (nSPS) is 29.3. The Balaban J connectivity index is 1.46. The molecule has 1 aromatic carbocycles. The Labute approximate surface area is 172 Å². The van der Waals surface area contributed by atoms with Crippen LogP contribution < -0.4 is 10.6 Å². The van der Waals surface area contributed by atoms with Crippen LogP contribution in [0.1, 0.15) is 41.6 Å². The van der Waals surface area contributed by atoms with E-state index in [1.165, 1.54) is 37.8 Å². The molecule has 5 nitrogen and oxygen atoms in total. The molecule has 2 bridgehead atoms. The number of carbonyl (C=O) groups excluding carboxylic acids is 1. The summed E-state index contributed by atoms with van der Waals surface area (Å²) in [4.78, 5) is 21.8. The van der Waals surface area contributed by atoms with E-state index >= 15 is 0 Å². The van der Waals surface area contributed by atoms with Crippen LogP contribution >= 0.6 is 0 Å². The van der Waals surface area contributed by atoms with Gasteiger partial charge in [0.05, 0.1) is 5.56 Å². The highest BCUT2D eigenvalue weighted by Crippen LogP contribution is 2.43. The zero-order chi connectivity index (χ0) is 19.8. The zero-order valence-corrected chi connectivity index (χ0v) is 16.9. The fourth-order valence-electron chi connectivity index (χ4n) is 6.06. The number of carbonyl (C=O) groups is 1. The molecule has 0 radical (unpaired) electrons. The second-order valence-electron chi connectivity index (χ2n) is 8.96. The van der Waals surface area contributed by atoms with Gasteiger partial charge in [0.15, 0.2) is 0 Å². The van der Waals surface area contributed by atoms with E-state index in [2.05, 4.69) is 45.1 Å². The van der Waals surface area contributed by atoms with Gasteiger partial charge in [-0.3, -0.25) is 9.69 Å². The quantitative estimate of drug-likeness (QED) is 0.871. The van der Waals surface area contributed by atoms with Crippen LogP contribution in [0.3, 0.4) is 0 Å². The van der Waals surface area contributed by atoms with Crippen LogP contribution in [0.5, 0.6) is 0 Å². The van der Waals surface area contributed by atoms with E-state index in [0.717, 1.165) is 25.3 Å². The van der Waals surface area contributed by atoms with Gasteiger partial charge in [0.2, 0.25) is 0 Å². The Morgan fingerprint density at radius 3 is 2.72 bits per heavy atom. The molecule has 1 amide bonds. The minimum Gasteiger partial charge on any atom is -0.365 e. The van der Waals surface area contributed by atoms with Crippen molar-refractivity contribution >= 4 is 11.7 Å². The molecule has 0 saturated carbocycles. The number of nitrogens with two attached hydrogens (primary N) is 1. The van der Waals surface area contributed by atoms with Crippen molar-refractivity contribution in [3.8, 4) is 0 Å². The van der Waals surface area contributed by atoms with Gasteiger partial charge in [0.1, 0.15) is 5.82 Å². The van der Waals surface area contributed by atoms with Gasteiger partial charge in [-0.1, -0.05) is 36.8 Å². The Bertz CT molecular complexity index is 870. The summed E-state index contributed by atoms with van der Waals surface area (Å²) in [5.41, 5.74) is 7.63. The predicted molar refractivity (Wildman–Crippen MR) is 115 cm³/mol. The Morgan fingerprint density at radius 2 is 1.90 bits per heavy atom. The van der Waals surface area contributed by atoms with Gasteiger partial charge in [0.25, 0.3) is 5.91 Å². The molecule has 4 heterocycles. The van der Waals surface area contributed by atoms with Crippen molar-refractivity contribution in [1.29, 1.82) is 0 Å². The van der Waals surface area contributed by atoms with Crippen LogP contribution in [0.2, 0.25) is 0 Å². The predicted octanol–water partition coefficient (Wildman–Crippen LogP) is 3.10. The molecule has 0 aliphatic carbocycles.